The molecule has 0 spiro atoms. The number of thiazole rings is 1. The molecule has 1 N–H and O–H groups in total. The van der Waals surface area contributed by atoms with E-state index < -0.39 is 0 Å². The molecule has 0 atom stereocenters. The lowest BCUT2D eigenvalue weighted by Gasteiger charge is -2.02. The zero-order valence-electron chi connectivity index (χ0n) is 7.27. The maximum Gasteiger partial charge on any atom is 0.127 e. The monoisotopic (exact) mass is 269 g/mol. The molecule has 2 heterocycles. The molecule has 0 radical (unpaired) electrons. The molecule has 5 heteroatoms. The molecule has 2 aromatic heterocycles. The zero-order chi connectivity index (χ0) is 9.80. The van der Waals surface area contributed by atoms with Gasteiger partial charge in [0.25, 0.3) is 0 Å². The highest BCUT2D eigenvalue weighted by Crippen LogP contribution is 2.11. The summed E-state index contributed by atoms with van der Waals surface area (Å²) in [5, 5.41) is 5.21. The zero-order valence-corrected chi connectivity index (χ0v) is 9.68. The highest BCUT2D eigenvalue weighted by atomic mass is 79.9. The van der Waals surface area contributed by atoms with Gasteiger partial charge in [-0.3, -0.25) is 0 Å². The SMILES string of the molecule is Brc1cccc(NCc2cscn2)n1. The Labute approximate surface area is 94.4 Å². The van der Waals surface area contributed by atoms with Gasteiger partial charge in [-0.25, -0.2) is 9.97 Å². The second kappa shape index (κ2) is 4.52. The molecule has 2 rings (SSSR count). The van der Waals surface area contributed by atoms with Gasteiger partial charge in [-0.1, -0.05) is 6.07 Å². The van der Waals surface area contributed by atoms with E-state index in [1.165, 1.54) is 0 Å². The van der Waals surface area contributed by atoms with Gasteiger partial charge in [0, 0.05) is 5.38 Å². The van der Waals surface area contributed by atoms with Gasteiger partial charge >= 0.3 is 0 Å². The van der Waals surface area contributed by atoms with Crippen molar-refractivity contribution < 1.29 is 0 Å². The molecular weight excluding hydrogens is 262 g/mol. The van der Waals surface area contributed by atoms with Gasteiger partial charge in [0.15, 0.2) is 0 Å². The smallest absolute Gasteiger partial charge is 0.127 e. The van der Waals surface area contributed by atoms with Crippen LogP contribution in [0.5, 0.6) is 0 Å². The van der Waals surface area contributed by atoms with Crippen LogP contribution >= 0.6 is 27.3 Å². The predicted octanol–water partition coefficient (Wildman–Crippen LogP) is 2.91. The molecule has 0 aliphatic rings. The van der Waals surface area contributed by atoms with Gasteiger partial charge in [-0.05, 0) is 28.1 Å². The highest BCUT2D eigenvalue weighted by Gasteiger charge is 1.96. The molecule has 0 saturated carbocycles. The lowest BCUT2D eigenvalue weighted by molar-refractivity contribution is 1.05. The number of rotatable bonds is 3. The molecule has 0 aromatic carbocycles. The molecule has 2 aromatic rings. The molecule has 0 aliphatic carbocycles. The fraction of sp³-hybridized carbons (Fsp3) is 0.111. The summed E-state index contributed by atoms with van der Waals surface area (Å²) in [4.78, 5) is 8.42. The Hall–Kier alpha value is -0.940. The second-order valence-corrected chi connectivity index (χ2v) is 4.21. The lowest BCUT2D eigenvalue weighted by atomic mass is 10.4. The summed E-state index contributed by atoms with van der Waals surface area (Å²) >= 11 is 4.91. The Bertz CT molecular complexity index is 402. The first-order valence-corrected chi connectivity index (χ1v) is 5.82. The minimum absolute atomic E-state index is 0.715. The van der Waals surface area contributed by atoms with Crippen LogP contribution in [0, 0.1) is 0 Å². The first-order chi connectivity index (χ1) is 6.84. The van der Waals surface area contributed by atoms with E-state index >= 15 is 0 Å². The number of nitrogens with one attached hydrogen (secondary N) is 1. The highest BCUT2D eigenvalue weighted by molar-refractivity contribution is 9.10. The third kappa shape index (κ3) is 2.52. The topological polar surface area (TPSA) is 37.8 Å². The van der Waals surface area contributed by atoms with E-state index in [0.29, 0.717) is 6.54 Å². The minimum atomic E-state index is 0.715. The first-order valence-electron chi connectivity index (χ1n) is 4.08. The van der Waals surface area contributed by atoms with Gasteiger partial charge in [0.1, 0.15) is 10.4 Å². The molecule has 0 amide bonds. The van der Waals surface area contributed by atoms with Crippen molar-refractivity contribution in [2.24, 2.45) is 0 Å². The largest absolute Gasteiger partial charge is 0.364 e. The molecule has 0 saturated heterocycles. The van der Waals surface area contributed by atoms with Crippen LogP contribution in [0.25, 0.3) is 0 Å². The molecule has 0 unspecified atom stereocenters. The first kappa shape index (κ1) is 9.61. The average molecular weight is 270 g/mol. The predicted molar refractivity (Wildman–Crippen MR) is 61.4 cm³/mol. The molecule has 0 bridgehead atoms. The summed E-state index contributed by atoms with van der Waals surface area (Å²) in [5.74, 6) is 0.854. The van der Waals surface area contributed by atoms with E-state index in [9.17, 15) is 0 Å². The Morgan fingerprint density at radius 1 is 1.43 bits per heavy atom. The van der Waals surface area contributed by atoms with Gasteiger partial charge in [-0.2, -0.15) is 0 Å². The third-order valence-corrected chi connectivity index (χ3v) is 2.73. The van der Waals surface area contributed by atoms with E-state index in [-0.39, 0.29) is 0 Å². The van der Waals surface area contributed by atoms with Crippen LogP contribution < -0.4 is 5.32 Å². The van der Waals surface area contributed by atoms with Gasteiger partial charge in [-0.15, -0.1) is 11.3 Å². The van der Waals surface area contributed by atoms with Crippen molar-refractivity contribution in [2.45, 2.75) is 6.54 Å². The van der Waals surface area contributed by atoms with E-state index in [1.807, 2.05) is 29.1 Å². The molecule has 14 heavy (non-hydrogen) atoms. The Kier molecular flexibility index (Phi) is 3.10. The van der Waals surface area contributed by atoms with Crippen LogP contribution in [0.3, 0.4) is 0 Å². The second-order valence-electron chi connectivity index (χ2n) is 2.68. The summed E-state index contributed by atoms with van der Waals surface area (Å²) < 4.78 is 0.834. The van der Waals surface area contributed by atoms with Crippen molar-refractivity contribution in [3.63, 3.8) is 0 Å². The molecular formula is C9H8BrN3S. The fourth-order valence-electron chi connectivity index (χ4n) is 1.01. The average Bonchev–Trinajstić information content (AvgIpc) is 2.67. The lowest BCUT2D eigenvalue weighted by Crippen LogP contribution is -2.01. The van der Waals surface area contributed by atoms with Gasteiger partial charge < -0.3 is 5.32 Å². The maximum atomic E-state index is 4.25. The van der Waals surface area contributed by atoms with E-state index in [0.717, 1.165) is 16.1 Å². The van der Waals surface area contributed by atoms with Crippen LogP contribution in [0.2, 0.25) is 0 Å². The minimum Gasteiger partial charge on any atom is -0.364 e. The van der Waals surface area contributed by atoms with Crippen molar-refractivity contribution in [1.29, 1.82) is 0 Å². The summed E-state index contributed by atoms with van der Waals surface area (Å²) in [7, 11) is 0. The van der Waals surface area contributed by atoms with Crippen molar-refractivity contribution in [3.05, 3.63) is 39.4 Å². The Morgan fingerprint density at radius 2 is 2.36 bits per heavy atom. The fourth-order valence-corrected chi connectivity index (χ4v) is 1.91. The number of anilines is 1. The Balaban J connectivity index is 1.98. The van der Waals surface area contributed by atoms with Crippen molar-refractivity contribution in [1.82, 2.24) is 9.97 Å². The van der Waals surface area contributed by atoms with Gasteiger partial charge in [0.05, 0.1) is 17.7 Å². The maximum absolute atomic E-state index is 4.25. The summed E-state index contributed by atoms with van der Waals surface area (Å²) in [5.41, 5.74) is 2.86. The molecule has 3 nitrogen and oxygen atoms in total. The Morgan fingerprint density at radius 3 is 3.07 bits per heavy atom. The van der Waals surface area contributed by atoms with Gasteiger partial charge in [0.2, 0.25) is 0 Å². The van der Waals surface area contributed by atoms with Crippen LogP contribution in [0.15, 0.2) is 33.7 Å². The standard InChI is InChI=1S/C9H8BrN3S/c10-8-2-1-3-9(13-8)11-4-7-5-14-6-12-7/h1-3,5-6H,4H2,(H,11,13). The summed E-state index contributed by atoms with van der Waals surface area (Å²) in [6.07, 6.45) is 0. The normalized spacial score (nSPS) is 10.1. The van der Waals surface area contributed by atoms with Crippen LogP contribution in [0.1, 0.15) is 5.69 Å². The number of nitrogens with zero attached hydrogens (tertiary/aromatic N) is 2. The van der Waals surface area contributed by atoms with Crippen molar-refractivity contribution in [2.75, 3.05) is 5.32 Å². The van der Waals surface area contributed by atoms with E-state index in [1.54, 1.807) is 11.3 Å². The van der Waals surface area contributed by atoms with Crippen LogP contribution in [-0.2, 0) is 6.54 Å². The number of halogens is 1. The van der Waals surface area contributed by atoms with Crippen LogP contribution in [0.4, 0.5) is 5.82 Å². The quantitative estimate of drug-likeness (QED) is 0.871. The summed E-state index contributed by atoms with van der Waals surface area (Å²) in [6.45, 7) is 0.715. The van der Waals surface area contributed by atoms with Crippen LogP contribution in [-0.4, -0.2) is 9.97 Å². The molecule has 72 valence electrons. The summed E-state index contributed by atoms with van der Waals surface area (Å²) in [6, 6.07) is 5.77. The van der Waals surface area contributed by atoms with E-state index in [2.05, 4.69) is 31.2 Å². The van der Waals surface area contributed by atoms with Crippen molar-refractivity contribution >= 4 is 33.1 Å². The number of aromatic nitrogens is 2. The number of pyridine rings is 1. The number of hydrogen-bond donors (Lipinski definition) is 1. The molecule has 0 fully saturated rings. The third-order valence-electron chi connectivity index (χ3n) is 1.65. The molecule has 0 aliphatic heterocycles. The van der Waals surface area contributed by atoms with Crippen molar-refractivity contribution in [3.8, 4) is 0 Å². The van der Waals surface area contributed by atoms with E-state index in [4.69, 9.17) is 0 Å². The number of hydrogen-bond acceptors (Lipinski definition) is 4.